The summed E-state index contributed by atoms with van der Waals surface area (Å²) in [5, 5.41) is 7.64. The molecule has 3 amide bonds. The van der Waals surface area contributed by atoms with E-state index in [-0.39, 0.29) is 12.1 Å². The highest BCUT2D eigenvalue weighted by atomic mass is 16.6. The van der Waals surface area contributed by atoms with E-state index >= 15 is 0 Å². The Morgan fingerprint density at radius 2 is 2.08 bits per heavy atom. The fourth-order valence-corrected chi connectivity index (χ4v) is 4.43. The molecule has 8 nitrogen and oxygen atoms in total. The van der Waals surface area contributed by atoms with Gasteiger partial charge in [0.2, 0.25) is 0 Å². The van der Waals surface area contributed by atoms with Crippen molar-refractivity contribution in [3.63, 3.8) is 0 Å². The van der Waals surface area contributed by atoms with E-state index in [0.29, 0.717) is 32.1 Å². The molecule has 3 heterocycles. The Bertz CT molecular complexity index is 712. The maximum absolute atomic E-state index is 12.8. The minimum absolute atomic E-state index is 0.149. The number of likely N-dealkylation sites (tertiary alicyclic amines) is 1. The van der Waals surface area contributed by atoms with Gasteiger partial charge < -0.3 is 14.5 Å². The number of amides is 3. The number of nitrogens with one attached hydrogen (secondary N) is 1. The molecule has 1 aromatic rings. The molecule has 0 unspecified atom stereocenters. The summed E-state index contributed by atoms with van der Waals surface area (Å²) in [5.74, 6) is 0.765. The summed E-state index contributed by atoms with van der Waals surface area (Å²) >= 11 is 0. The molecule has 142 valence electrons. The van der Waals surface area contributed by atoms with Crippen LogP contribution >= 0.6 is 0 Å². The number of carbonyl (C=O) groups is 2. The first-order valence-electron chi connectivity index (χ1n) is 9.52. The monoisotopic (exact) mass is 361 g/mol. The molecule has 3 aliphatic rings. The van der Waals surface area contributed by atoms with Crippen molar-refractivity contribution in [2.24, 2.45) is 0 Å². The molecule has 0 radical (unpaired) electrons. The zero-order chi connectivity index (χ0) is 18.3. The average Bonchev–Trinajstić information content (AvgIpc) is 3.27. The lowest BCUT2D eigenvalue weighted by Crippen LogP contribution is -2.40. The highest BCUT2D eigenvalue weighted by Crippen LogP contribution is 2.33. The topological polar surface area (TPSA) is 79.7 Å². The number of hydrogen-bond acceptors (Lipinski definition) is 4. The van der Waals surface area contributed by atoms with Crippen LogP contribution in [0.15, 0.2) is 6.07 Å². The molecule has 8 heteroatoms. The first-order valence-corrected chi connectivity index (χ1v) is 9.52. The molecular weight excluding hydrogens is 334 g/mol. The first-order chi connectivity index (χ1) is 12.5. The lowest BCUT2D eigenvalue weighted by atomic mass is 9.96. The third-order valence-electron chi connectivity index (χ3n) is 5.76. The van der Waals surface area contributed by atoms with Crippen molar-refractivity contribution >= 4 is 17.9 Å². The summed E-state index contributed by atoms with van der Waals surface area (Å²) in [6, 6.07) is 2.15. The van der Waals surface area contributed by atoms with Gasteiger partial charge in [0.05, 0.1) is 24.8 Å². The molecule has 4 rings (SSSR count). The van der Waals surface area contributed by atoms with E-state index < -0.39 is 5.60 Å². The van der Waals surface area contributed by atoms with Crippen LogP contribution in [0.5, 0.6) is 0 Å². The second kappa shape index (κ2) is 6.48. The average molecular weight is 361 g/mol. The number of hydrogen-bond donors (Lipinski definition) is 1. The third-order valence-corrected chi connectivity index (χ3v) is 5.76. The van der Waals surface area contributed by atoms with Crippen molar-refractivity contribution in [1.82, 2.24) is 19.6 Å². The van der Waals surface area contributed by atoms with Crippen LogP contribution in [-0.2, 0) is 4.74 Å². The third kappa shape index (κ3) is 3.12. The van der Waals surface area contributed by atoms with Crippen LogP contribution in [0, 0.1) is 6.92 Å². The number of urea groups is 1. The van der Waals surface area contributed by atoms with E-state index in [1.807, 2.05) is 17.7 Å². The molecule has 1 aliphatic carbocycles. The number of aromatic nitrogens is 2. The van der Waals surface area contributed by atoms with Crippen molar-refractivity contribution in [2.75, 3.05) is 32.0 Å². The van der Waals surface area contributed by atoms with Crippen LogP contribution < -0.4 is 5.32 Å². The van der Waals surface area contributed by atoms with Gasteiger partial charge in [-0.2, -0.15) is 5.10 Å². The van der Waals surface area contributed by atoms with Gasteiger partial charge in [0.1, 0.15) is 5.82 Å². The lowest BCUT2D eigenvalue weighted by Gasteiger charge is -2.25. The quantitative estimate of drug-likeness (QED) is 0.878. The van der Waals surface area contributed by atoms with Gasteiger partial charge >= 0.3 is 12.1 Å². The van der Waals surface area contributed by atoms with E-state index in [1.54, 1.807) is 16.8 Å². The van der Waals surface area contributed by atoms with Gasteiger partial charge in [-0.3, -0.25) is 5.32 Å². The van der Waals surface area contributed by atoms with Gasteiger partial charge in [0.25, 0.3) is 0 Å². The van der Waals surface area contributed by atoms with Crippen molar-refractivity contribution < 1.29 is 14.3 Å². The van der Waals surface area contributed by atoms with Crippen LogP contribution in [-0.4, -0.2) is 64.0 Å². The standard InChI is InChI=1S/C18H27N5O3/c1-13-10-15(23(20-13)14-6-4-3-5-7-14)19-16(24)22-9-8-18(12-22)11-21(2)17(25)26-18/h10,14H,3-9,11-12H2,1-2H3,(H,19,24)/t18-/m0/s1. The van der Waals surface area contributed by atoms with E-state index in [0.717, 1.165) is 24.4 Å². The number of anilines is 1. The number of likely N-dealkylation sites (N-methyl/N-ethyl adjacent to an activating group) is 1. The summed E-state index contributed by atoms with van der Waals surface area (Å²) in [4.78, 5) is 27.8. The van der Waals surface area contributed by atoms with Crippen LogP contribution in [0.2, 0.25) is 0 Å². The summed E-state index contributed by atoms with van der Waals surface area (Å²) in [6.45, 7) is 3.51. The minimum Gasteiger partial charge on any atom is -0.439 e. The van der Waals surface area contributed by atoms with Gasteiger partial charge in [-0.15, -0.1) is 0 Å². The molecule has 1 atom stereocenters. The first kappa shape index (κ1) is 17.2. The molecule has 0 aromatic carbocycles. The lowest BCUT2D eigenvalue weighted by molar-refractivity contribution is 0.0662. The number of aryl methyl sites for hydroxylation is 1. The van der Waals surface area contributed by atoms with Crippen molar-refractivity contribution in [3.05, 3.63) is 11.8 Å². The molecular formula is C18H27N5O3. The Balaban J connectivity index is 1.43. The van der Waals surface area contributed by atoms with Crippen LogP contribution in [0.3, 0.4) is 0 Å². The van der Waals surface area contributed by atoms with E-state index in [4.69, 9.17) is 4.74 Å². The van der Waals surface area contributed by atoms with Crippen molar-refractivity contribution in [2.45, 2.75) is 57.1 Å². The highest BCUT2D eigenvalue weighted by Gasteiger charge is 2.49. The summed E-state index contributed by atoms with van der Waals surface area (Å²) in [5.41, 5.74) is 0.359. The summed E-state index contributed by atoms with van der Waals surface area (Å²) in [6.07, 6.45) is 6.30. The maximum atomic E-state index is 12.8. The van der Waals surface area contributed by atoms with Gasteiger partial charge in [-0.25, -0.2) is 14.3 Å². The zero-order valence-corrected chi connectivity index (χ0v) is 15.5. The fraction of sp³-hybridized carbons (Fsp3) is 0.722. The molecule has 26 heavy (non-hydrogen) atoms. The van der Waals surface area contributed by atoms with Gasteiger partial charge in [0.15, 0.2) is 5.60 Å². The van der Waals surface area contributed by atoms with Crippen LogP contribution in [0.25, 0.3) is 0 Å². The molecule has 0 bridgehead atoms. The number of rotatable bonds is 2. The van der Waals surface area contributed by atoms with Gasteiger partial charge in [0, 0.05) is 26.1 Å². The smallest absolute Gasteiger partial charge is 0.410 e. The summed E-state index contributed by atoms with van der Waals surface area (Å²) < 4.78 is 7.51. The van der Waals surface area contributed by atoms with Crippen LogP contribution in [0.4, 0.5) is 15.4 Å². The predicted octanol–water partition coefficient (Wildman–Crippen LogP) is 2.76. The number of nitrogens with zero attached hydrogens (tertiary/aromatic N) is 4. The Labute approximate surface area is 153 Å². The predicted molar refractivity (Wildman–Crippen MR) is 96.1 cm³/mol. The van der Waals surface area contributed by atoms with E-state index in [9.17, 15) is 9.59 Å². The molecule has 2 aliphatic heterocycles. The molecule has 1 N–H and O–H groups in total. The normalized spacial score (nSPS) is 26.6. The number of carbonyl (C=O) groups excluding carboxylic acids is 2. The fourth-order valence-electron chi connectivity index (χ4n) is 4.43. The second-order valence-electron chi connectivity index (χ2n) is 7.92. The Morgan fingerprint density at radius 3 is 2.77 bits per heavy atom. The van der Waals surface area contributed by atoms with Crippen molar-refractivity contribution in [1.29, 1.82) is 0 Å². The number of ether oxygens (including phenoxy) is 1. The van der Waals surface area contributed by atoms with Crippen molar-refractivity contribution in [3.8, 4) is 0 Å². The minimum atomic E-state index is -0.553. The maximum Gasteiger partial charge on any atom is 0.410 e. The van der Waals surface area contributed by atoms with Gasteiger partial charge in [-0.05, 0) is 19.8 Å². The molecule has 3 fully saturated rings. The largest absolute Gasteiger partial charge is 0.439 e. The Hall–Kier alpha value is -2.25. The molecule has 1 spiro atoms. The Morgan fingerprint density at radius 1 is 1.31 bits per heavy atom. The van der Waals surface area contributed by atoms with Crippen LogP contribution in [0.1, 0.15) is 50.3 Å². The molecule has 1 aromatic heterocycles. The van der Waals surface area contributed by atoms with E-state index in [1.165, 1.54) is 19.3 Å². The summed E-state index contributed by atoms with van der Waals surface area (Å²) in [7, 11) is 1.73. The molecule has 2 saturated heterocycles. The van der Waals surface area contributed by atoms with Gasteiger partial charge in [-0.1, -0.05) is 19.3 Å². The molecule has 1 saturated carbocycles. The zero-order valence-electron chi connectivity index (χ0n) is 15.5. The Kier molecular flexibility index (Phi) is 4.28. The second-order valence-corrected chi connectivity index (χ2v) is 7.92. The SMILES string of the molecule is Cc1cc(NC(=O)N2CC[C@]3(CN(C)C(=O)O3)C2)n(C2CCCCC2)n1. The van der Waals surface area contributed by atoms with E-state index in [2.05, 4.69) is 10.4 Å². The highest BCUT2D eigenvalue weighted by molar-refractivity contribution is 5.89.